The second kappa shape index (κ2) is 18.3. The molecular weight excluding hydrogens is 988 g/mol. The van der Waals surface area contributed by atoms with Crippen LogP contribution >= 0.6 is 0 Å². The standard InChI is InChI=1S/C14H8B2.C14H8N2.C13H7N3.C12H6N4.C10H4N6/c1-3-9-7-8-10-4-2-6-12-14(10)13(9)11(5-1)15-16-12;1-2-10-6-16-8-12-4-3-11-7-15-5-9(1)13(11)14(10)12;1-2-10-7-15-16-11-4-3-9-6-14-5-8(1)12(9)13(10)11;1-3-9-12-8(6-14-15-9)2-4-10-11(12)7(1)5-13-16-10;1-2-6-10-8(14-16-12-6)4-3-7-9(10)5(1)11-15-13-7/h2*1-8H;1-7H;1-6H;1-4H. The van der Waals surface area contributed by atoms with Gasteiger partial charge >= 0.3 is 94.2 Å². The van der Waals surface area contributed by atoms with E-state index in [1.54, 1.807) is 12.4 Å². The van der Waals surface area contributed by atoms with Gasteiger partial charge in [0, 0.05) is 129 Å². The van der Waals surface area contributed by atoms with Crippen molar-refractivity contribution < 1.29 is 0 Å². The van der Waals surface area contributed by atoms with Gasteiger partial charge in [0.15, 0.2) is 0 Å². The number of benzene rings is 11. The maximum atomic E-state index is 4.25. The fourth-order valence-corrected chi connectivity index (χ4v) is 11.6. The van der Waals surface area contributed by atoms with Crippen molar-refractivity contribution in [3.05, 3.63) is 201 Å². The van der Waals surface area contributed by atoms with Gasteiger partial charge in [0.1, 0.15) is 0 Å². The summed E-state index contributed by atoms with van der Waals surface area (Å²) in [6.07, 6.45) is 16.8. The molecule has 0 saturated carbocycles. The third-order valence-electron chi connectivity index (χ3n) is 15.1. The molecule has 0 bridgehead atoms. The topological polar surface area (TPSA) is 193 Å². The summed E-state index contributed by atoms with van der Waals surface area (Å²) >= 11 is 0. The van der Waals surface area contributed by atoms with Crippen molar-refractivity contribution in [2.75, 3.05) is 0 Å². The van der Waals surface area contributed by atoms with Crippen LogP contribution in [0.25, 0.3) is 162 Å². The Morgan fingerprint density at radius 1 is 0.200 bits per heavy atom. The second-order valence-corrected chi connectivity index (χ2v) is 19.6. The molecule has 17 heteroatoms. The number of hydrogen-bond donors (Lipinski definition) is 0. The van der Waals surface area contributed by atoms with Gasteiger partial charge in [-0.25, -0.2) is 0 Å². The third-order valence-corrected chi connectivity index (χ3v) is 15.1. The van der Waals surface area contributed by atoms with E-state index in [4.69, 9.17) is 0 Å². The molecule has 9 heterocycles. The summed E-state index contributed by atoms with van der Waals surface area (Å²) in [7, 11) is 0. The zero-order valence-corrected chi connectivity index (χ0v) is 41.9. The van der Waals surface area contributed by atoms with Gasteiger partial charge in [0.2, 0.25) is 0 Å². The van der Waals surface area contributed by atoms with Crippen LogP contribution in [0.5, 0.6) is 0 Å². The second-order valence-electron chi connectivity index (χ2n) is 19.6. The van der Waals surface area contributed by atoms with E-state index in [1.165, 1.54) is 75.2 Å². The maximum Gasteiger partial charge on any atom is 0.0978 e. The minimum absolute atomic E-state index is 0.804. The molecule has 0 saturated heterocycles. The minimum atomic E-state index is 0.804. The van der Waals surface area contributed by atoms with Gasteiger partial charge in [-0.1, -0.05) is 54.6 Å². The Morgan fingerprint density at radius 3 is 0.812 bits per heavy atom. The molecule has 15 nitrogen and oxygen atoms in total. The van der Waals surface area contributed by atoms with Crippen molar-refractivity contribution in [2.45, 2.75) is 0 Å². The molecule has 0 aliphatic carbocycles. The molecule has 0 N–H and O–H groups in total. The first-order chi connectivity index (χ1) is 39.7. The number of pyridine rings is 3. The van der Waals surface area contributed by atoms with Crippen LogP contribution in [0.3, 0.4) is 0 Å². The van der Waals surface area contributed by atoms with Gasteiger partial charge in [0.05, 0.1) is 57.2 Å². The fourth-order valence-electron chi connectivity index (χ4n) is 11.6. The van der Waals surface area contributed by atoms with Crippen LogP contribution in [0.4, 0.5) is 0 Å². The van der Waals surface area contributed by atoms with Crippen LogP contribution in [-0.2, 0) is 0 Å². The van der Waals surface area contributed by atoms with E-state index >= 15 is 0 Å². The summed E-state index contributed by atoms with van der Waals surface area (Å²) < 4.78 is 0. The average Bonchev–Trinajstić information content (AvgIpc) is 3.61. The van der Waals surface area contributed by atoms with Crippen LogP contribution < -0.4 is 0 Å². The Bertz CT molecular complexity index is 4220. The number of aromatic nitrogens is 15. The van der Waals surface area contributed by atoms with E-state index in [2.05, 4.69) is 175 Å². The molecular formula is C63H33B2N15. The Balaban J connectivity index is 0.0000000830. The molecule has 0 amide bonds. The number of hydrogen-bond acceptors (Lipinski definition) is 15. The van der Waals surface area contributed by atoms with Crippen molar-refractivity contribution in [2.24, 2.45) is 0 Å². The third kappa shape index (κ3) is 7.35. The summed E-state index contributed by atoms with van der Waals surface area (Å²) in [6.45, 7) is 4.42. The van der Waals surface area contributed by atoms with E-state index in [-0.39, 0.29) is 0 Å². The molecule has 0 spiro atoms. The molecule has 0 radical (unpaired) electrons. The number of nitrogens with zero attached hydrogens (tertiary/aromatic N) is 15. The summed E-state index contributed by atoms with van der Waals surface area (Å²) in [5, 5.41) is 75.5. The van der Waals surface area contributed by atoms with Gasteiger partial charge in [-0.15, -0.1) is 20.4 Å². The van der Waals surface area contributed by atoms with E-state index in [0.717, 1.165) is 87.1 Å². The van der Waals surface area contributed by atoms with Gasteiger partial charge in [-0.05, 0) is 52.9 Å². The summed E-state index contributed by atoms with van der Waals surface area (Å²) in [4.78, 5) is 12.7. The van der Waals surface area contributed by atoms with Crippen LogP contribution in [-0.4, -0.2) is 90.0 Å². The Morgan fingerprint density at radius 2 is 0.463 bits per heavy atom. The van der Waals surface area contributed by atoms with Crippen molar-refractivity contribution in [1.29, 1.82) is 0 Å². The van der Waals surface area contributed by atoms with E-state index in [1.807, 2.05) is 104 Å². The zero-order chi connectivity index (χ0) is 52.7. The van der Waals surface area contributed by atoms with E-state index in [9.17, 15) is 0 Å². The first-order valence-electron chi connectivity index (χ1n) is 25.7. The van der Waals surface area contributed by atoms with Crippen LogP contribution in [0.2, 0.25) is 0 Å². The normalized spacial score (nSPS) is 11.7. The van der Waals surface area contributed by atoms with Crippen molar-refractivity contribution >= 4 is 176 Å². The SMILES string of the molecule is b1bc2cccc3ccc4cccc1c4c23.c1cc2cncc3ccc4cncc1c4c23.c1cc2cnnc3ccc4cncc1c4c23.c1cc2nncc3ccc4nncc1c4c32.c1cc2nnnc3ccc4nnnc1c4c23. The predicted octanol–water partition coefficient (Wildman–Crippen LogP) is 12.5. The Kier molecular flexibility index (Phi) is 10.3. The molecule has 20 aromatic rings. The van der Waals surface area contributed by atoms with E-state index in [0.29, 0.717) is 0 Å². The van der Waals surface area contributed by atoms with Crippen LogP contribution in [0.1, 0.15) is 0 Å². The predicted molar refractivity (Wildman–Crippen MR) is 320 cm³/mol. The molecule has 0 aliphatic heterocycles. The maximum absolute atomic E-state index is 4.25. The molecule has 11 aromatic carbocycles. The molecule has 0 fully saturated rings. The molecule has 9 aromatic heterocycles. The zero-order valence-electron chi connectivity index (χ0n) is 41.9. The smallest absolute Gasteiger partial charge is 0.0978 e. The quantitative estimate of drug-likeness (QED) is 0.130. The molecule has 0 aliphatic rings. The first kappa shape index (κ1) is 45.2. The van der Waals surface area contributed by atoms with Gasteiger partial charge in [0.25, 0.3) is 0 Å². The summed E-state index contributed by atoms with van der Waals surface area (Å²) in [5.74, 6) is 0. The summed E-state index contributed by atoms with van der Waals surface area (Å²) in [5.41, 5.74) is 5.97. The Labute approximate surface area is 451 Å². The van der Waals surface area contributed by atoms with Crippen molar-refractivity contribution in [3.8, 4) is 0 Å². The first-order valence-corrected chi connectivity index (χ1v) is 25.7. The average molecular weight is 1020 g/mol. The van der Waals surface area contributed by atoms with E-state index < -0.39 is 0 Å². The fraction of sp³-hybridized carbons (Fsp3) is 0. The van der Waals surface area contributed by atoms with Gasteiger partial charge in [-0.3, -0.25) is 15.0 Å². The molecule has 0 unspecified atom stereocenters. The largest absolute Gasteiger partial charge is 0.263 e. The van der Waals surface area contributed by atoms with Crippen molar-refractivity contribution in [1.82, 2.24) is 76.4 Å². The molecule has 20 rings (SSSR count). The molecule has 80 heavy (non-hydrogen) atoms. The number of rotatable bonds is 0. The van der Waals surface area contributed by atoms with Crippen LogP contribution in [0.15, 0.2) is 201 Å². The van der Waals surface area contributed by atoms with Crippen LogP contribution in [0, 0.1) is 0 Å². The van der Waals surface area contributed by atoms with Gasteiger partial charge < -0.3 is 0 Å². The Hall–Kier alpha value is -11.1. The summed E-state index contributed by atoms with van der Waals surface area (Å²) in [6, 6.07) is 49.5. The molecule has 366 valence electrons. The molecule has 0 atom stereocenters. The monoisotopic (exact) mass is 1020 g/mol. The van der Waals surface area contributed by atoms with Gasteiger partial charge in [-0.2, -0.15) is 30.6 Å². The van der Waals surface area contributed by atoms with Crippen molar-refractivity contribution in [3.63, 3.8) is 0 Å². The minimum Gasteiger partial charge on any atom is -0.263 e.